The maximum Gasteiger partial charge on any atom is 0.128 e. The molecule has 0 amide bonds. The lowest BCUT2D eigenvalue weighted by Crippen LogP contribution is -2.11. The number of pyridine rings is 1. The highest BCUT2D eigenvalue weighted by Crippen LogP contribution is 2.06. The smallest absolute Gasteiger partial charge is 0.128 e. The summed E-state index contributed by atoms with van der Waals surface area (Å²) in [5, 5.41) is 3.15. The van der Waals surface area contributed by atoms with Gasteiger partial charge >= 0.3 is 0 Å². The van der Waals surface area contributed by atoms with E-state index >= 15 is 0 Å². The van der Waals surface area contributed by atoms with Gasteiger partial charge in [-0.2, -0.15) is 0 Å². The van der Waals surface area contributed by atoms with E-state index in [-0.39, 0.29) is 0 Å². The maximum absolute atomic E-state index is 5.48. The van der Waals surface area contributed by atoms with Crippen LogP contribution in [0, 0.1) is 0 Å². The number of aromatic nitrogens is 1. The second-order valence-corrected chi connectivity index (χ2v) is 2.75. The molecule has 1 rings (SSSR count). The van der Waals surface area contributed by atoms with Crippen LogP contribution < -0.4 is 11.1 Å². The van der Waals surface area contributed by atoms with Gasteiger partial charge in [0.2, 0.25) is 0 Å². The van der Waals surface area contributed by atoms with Gasteiger partial charge in [-0.15, -0.1) is 0 Å². The van der Waals surface area contributed by atoms with Gasteiger partial charge in [0.25, 0.3) is 0 Å². The third-order valence-electron chi connectivity index (χ3n) is 1.21. The molecular formula is C8H13N3. The molecule has 0 bridgehead atoms. The number of nitrogens with two attached hydrogens (primary N) is 1. The largest absolute Gasteiger partial charge is 0.384 e. The second kappa shape index (κ2) is 3.23. The molecule has 0 aliphatic rings. The lowest BCUT2D eigenvalue weighted by atomic mass is 10.3. The van der Waals surface area contributed by atoms with Crippen LogP contribution in [0.4, 0.5) is 11.6 Å². The van der Waals surface area contributed by atoms with Crippen molar-refractivity contribution < 1.29 is 0 Å². The molecular weight excluding hydrogens is 138 g/mol. The summed E-state index contributed by atoms with van der Waals surface area (Å²) in [6, 6.07) is 5.94. The monoisotopic (exact) mass is 151 g/mol. The topological polar surface area (TPSA) is 50.9 Å². The summed E-state index contributed by atoms with van der Waals surface area (Å²) >= 11 is 0. The first-order valence-corrected chi connectivity index (χ1v) is 3.67. The Hall–Kier alpha value is -1.25. The van der Waals surface area contributed by atoms with E-state index in [4.69, 9.17) is 5.73 Å². The Kier molecular flexibility index (Phi) is 2.31. The van der Waals surface area contributed by atoms with Crippen molar-refractivity contribution >= 4 is 11.6 Å². The molecule has 0 atom stereocenters. The lowest BCUT2D eigenvalue weighted by Gasteiger charge is -2.08. The number of nitrogen functional groups attached to an aromatic ring is 1. The van der Waals surface area contributed by atoms with Gasteiger partial charge in [0, 0.05) is 6.04 Å². The first-order valence-electron chi connectivity index (χ1n) is 3.67. The molecule has 3 nitrogen and oxygen atoms in total. The fourth-order valence-corrected chi connectivity index (χ4v) is 0.828. The van der Waals surface area contributed by atoms with E-state index in [1.165, 1.54) is 0 Å². The van der Waals surface area contributed by atoms with E-state index in [1.807, 2.05) is 12.1 Å². The van der Waals surface area contributed by atoms with Crippen LogP contribution in [0.5, 0.6) is 0 Å². The fraction of sp³-hybridized carbons (Fsp3) is 0.375. The van der Waals surface area contributed by atoms with E-state index in [9.17, 15) is 0 Å². The summed E-state index contributed by atoms with van der Waals surface area (Å²) in [6.07, 6.45) is 0. The quantitative estimate of drug-likeness (QED) is 0.673. The molecule has 0 fully saturated rings. The molecule has 3 N–H and O–H groups in total. The van der Waals surface area contributed by atoms with Crippen LogP contribution in [0.1, 0.15) is 13.8 Å². The van der Waals surface area contributed by atoms with Gasteiger partial charge in [-0.1, -0.05) is 6.07 Å². The molecule has 1 aromatic rings. The number of nitrogens with zero attached hydrogens (tertiary/aromatic N) is 1. The molecule has 0 radical (unpaired) electrons. The third-order valence-corrected chi connectivity index (χ3v) is 1.21. The molecule has 1 aromatic heterocycles. The predicted molar refractivity (Wildman–Crippen MR) is 47.4 cm³/mol. The van der Waals surface area contributed by atoms with Crippen molar-refractivity contribution in [1.82, 2.24) is 4.98 Å². The number of hydrogen-bond donors (Lipinski definition) is 2. The van der Waals surface area contributed by atoms with Crippen molar-refractivity contribution in [3.05, 3.63) is 18.2 Å². The van der Waals surface area contributed by atoms with Crippen molar-refractivity contribution in [1.29, 1.82) is 0 Å². The summed E-state index contributed by atoms with van der Waals surface area (Å²) < 4.78 is 0. The van der Waals surface area contributed by atoms with Crippen molar-refractivity contribution in [2.45, 2.75) is 19.9 Å². The Balaban J connectivity index is 2.71. The highest BCUT2D eigenvalue weighted by molar-refractivity contribution is 5.42. The Morgan fingerprint density at radius 1 is 1.45 bits per heavy atom. The normalized spacial score (nSPS) is 10.1. The van der Waals surface area contributed by atoms with Crippen molar-refractivity contribution in [2.75, 3.05) is 11.1 Å². The molecule has 0 aliphatic heterocycles. The Labute approximate surface area is 66.6 Å². The van der Waals surface area contributed by atoms with Gasteiger partial charge in [0.15, 0.2) is 0 Å². The molecule has 0 aliphatic carbocycles. The Morgan fingerprint density at radius 2 is 2.18 bits per heavy atom. The first kappa shape index (κ1) is 7.85. The van der Waals surface area contributed by atoms with Crippen LogP contribution in [-0.4, -0.2) is 11.0 Å². The highest BCUT2D eigenvalue weighted by atomic mass is 15.0. The summed E-state index contributed by atoms with van der Waals surface area (Å²) in [5.41, 5.74) is 5.48. The molecule has 0 unspecified atom stereocenters. The number of rotatable bonds is 2. The van der Waals surface area contributed by atoms with Gasteiger partial charge in [-0.25, -0.2) is 4.98 Å². The highest BCUT2D eigenvalue weighted by Gasteiger charge is 1.95. The molecule has 0 aromatic carbocycles. The first-order chi connectivity index (χ1) is 5.18. The third kappa shape index (κ3) is 2.45. The number of anilines is 2. The molecule has 60 valence electrons. The molecule has 0 saturated carbocycles. The Morgan fingerprint density at radius 3 is 2.73 bits per heavy atom. The minimum atomic E-state index is 0.393. The summed E-state index contributed by atoms with van der Waals surface area (Å²) in [4.78, 5) is 4.08. The van der Waals surface area contributed by atoms with E-state index < -0.39 is 0 Å². The van der Waals surface area contributed by atoms with Crippen LogP contribution in [0.2, 0.25) is 0 Å². The van der Waals surface area contributed by atoms with Crippen LogP contribution in [0.3, 0.4) is 0 Å². The van der Waals surface area contributed by atoms with Crippen molar-refractivity contribution in [2.24, 2.45) is 0 Å². The molecule has 0 spiro atoms. The van der Waals surface area contributed by atoms with Crippen molar-refractivity contribution in [3.8, 4) is 0 Å². The molecule has 1 heterocycles. The molecule has 3 heteroatoms. The van der Waals surface area contributed by atoms with Gasteiger partial charge in [-0.3, -0.25) is 0 Å². The minimum absolute atomic E-state index is 0.393. The van der Waals surface area contributed by atoms with Crippen LogP contribution in [0.25, 0.3) is 0 Å². The zero-order valence-electron chi connectivity index (χ0n) is 6.83. The van der Waals surface area contributed by atoms with E-state index in [0.717, 1.165) is 5.82 Å². The molecule has 0 saturated heterocycles. The summed E-state index contributed by atoms with van der Waals surface area (Å²) in [7, 11) is 0. The van der Waals surface area contributed by atoms with Crippen LogP contribution >= 0.6 is 0 Å². The van der Waals surface area contributed by atoms with E-state index in [2.05, 4.69) is 24.1 Å². The Bertz CT molecular complexity index is 233. The van der Waals surface area contributed by atoms with Gasteiger partial charge < -0.3 is 11.1 Å². The predicted octanol–water partition coefficient (Wildman–Crippen LogP) is 1.48. The standard InChI is InChI=1S/C8H13N3/c1-6(2)10-8-5-3-4-7(9)11-8/h3-6H,1-2H3,(H3,9,10,11). The number of hydrogen-bond acceptors (Lipinski definition) is 3. The van der Waals surface area contributed by atoms with Crippen LogP contribution in [-0.2, 0) is 0 Å². The lowest BCUT2D eigenvalue weighted by molar-refractivity contribution is 0.890. The average Bonchev–Trinajstić information content (AvgIpc) is 1.85. The van der Waals surface area contributed by atoms with Crippen molar-refractivity contribution in [3.63, 3.8) is 0 Å². The molecule has 11 heavy (non-hydrogen) atoms. The number of nitrogens with one attached hydrogen (secondary N) is 1. The average molecular weight is 151 g/mol. The summed E-state index contributed by atoms with van der Waals surface area (Å²) in [6.45, 7) is 4.12. The van der Waals surface area contributed by atoms with Crippen LogP contribution in [0.15, 0.2) is 18.2 Å². The van der Waals surface area contributed by atoms with E-state index in [0.29, 0.717) is 11.9 Å². The zero-order chi connectivity index (χ0) is 8.27. The maximum atomic E-state index is 5.48. The van der Waals surface area contributed by atoms with Gasteiger partial charge in [0.05, 0.1) is 0 Å². The van der Waals surface area contributed by atoms with E-state index in [1.54, 1.807) is 6.07 Å². The SMILES string of the molecule is CC(C)Nc1cccc(N)n1. The van der Waals surface area contributed by atoms with Gasteiger partial charge in [-0.05, 0) is 26.0 Å². The summed E-state index contributed by atoms with van der Waals surface area (Å²) in [5.74, 6) is 1.38. The second-order valence-electron chi connectivity index (χ2n) is 2.75. The zero-order valence-corrected chi connectivity index (χ0v) is 6.83. The fourth-order valence-electron chi connectivity index (χ4n) is 0.828. The minimum Gasteiger partial charge on any atom is -0.384 e. The van der Waals surface area contributed by atoms with Gasteiger partial charge in [0.1, 0.15) is 11.6 Å².